The summed E-state index contributed by atoms with van der Waals surface area (Å²) in [6.07, 6.45) is 7.40. The first kappa shape index (κ1) is 23.2. The van der Waals surface area contributed by atoms with E-state index in [1.165, 1.54) is 31.2 Å². The number of hydrogen-bond acceptors (Lipinski definition) is 3. The maximum Gasteiger partial charge on any atom is 0.234 e. The first-order valence-electron chi connectivity index (χ1n) is 9.47. The first-order valence-corrected chi connectivity index (χ1v) is 9.47. The highest BCUT2D eigenvalue weighted by Crippen LogP contribution is 2.32. The van der Waals surface area contributed by atoms with E-state index in [0.717, 1.165) is 31.8 Å². The number of hydrogen-bond donors (Lipinski definition) is 3. The lowest BCUT2D eigenvalue weighted by molar-refractivity contribution is -0.120. The summed E-state index contributed by atoms with van der Waals surface area (Å²) in [4.78, 5) is 12.1. The van der Waals surface area contributed by atoms with Gasteiger partial charge in [-0.25, -0.2) is 0 Å². The van der Waals surface area contributed by atoms with Crippen LogP contribution in [0.3, 0.4) is 0 Å². The molecular weight excluding hydrogens is 369 g/mol. The molecule has 3 rings (SSSR count). The summed E-state index contributed by atoms with van der Waals surface area (Å²) >= 11 is 0. The maximum absolute atomic E-state index is 12.1. The summed E-state index contributed by atoms with van der Waals surface area (Å²) in [5.41, 5.74) is 1.35. The second-order valence-corrected chi connectivity index (χ2v) is 7.62. The van der Waals surface area contributed by atoms with Gasteiger partial charge in [0.2, 0.25) is 5.91 Å². The molecule has 1 amide bonds. The highest BCUT2D eigenvalue weighted by molar-refractivity contribution is 5.85. The van der Waals surface area contributed by atoms with Crippen molar-refractivity contribution < 1.29 is 4.79 Å². The quantitative estimate of drug-likeness (QED) is 0.592. The van der Waals surface area contributed by atoms with Gasteiger partial charge in [-0.2, -0.15) is 0 Å². The van der Waals surface area contributed by atoms with Crippen LogP contribution in [0.1, 0.15) is 57.1 Å². The fourth-order valence-corrected chi connectivity index (χ4v) is 3.75. The molecular formula is C20H33Cl2N3O. The van der Waals surface area contributed by atoms with E-state index in [4.69, 9.17) is 0 Å². The molecule has 3 N–H and O–H groups in total. The lowest BCUT2D eigenvalue weighted by Gasteiger charge is -2.34. The molecule has 4 nitrogen and oxygen atoms in total. The minimum absolute atomic E-state index is 0. The van der Waals surface area contributed by atoms with Crippen LogP contribution in [0.15, 0.2) is 30.3 Å². The Kier molecular flexibility index (Phi) is 9.94. The molecule has 0 bridgehead atoms. The number of rotatable bonds is 9. The molecule has 2 fully saturated rings. The Bertz CT molecular complexity index is 531. The summed E-state index contributed by atoms with van der Waals surface area (Å²) in [5, 5.41) is 10.2. The van der Waals surface area contributed by atoms with Crippen molar-refractivity contribution in [1.82, 2.24) is 16.0 Å². The molecule has 0 saturated heterocycles. The predicted molar refractivity (Wildman–Crippen MR) is 112 cm³/mol. The number of benzene rings is 1. The standard InChI is InChI=1S/C20H31N3O.2ClH/c1-16(18-7-3-2-4-8-18)23-20(11-5-6-12-20)15-22-19(24)14-21-13-17-9-10-17;;/h2-4,7-8,16-17,21,23H,5-6,9-15H2,1H3,(H,22,24);2*1H. The molecule has 2 aliphatic rings. The van der Waals surface area contributed by atoms with Crippen molar-refractivity contribution in [3.05, 3.63) is 35.9 Å². The van der Waals surface area contributed by atoms with Crippen LogP contribution in [0, 0.1) is 5.92 Å². The summed E-state index contributed by atoms with van der Waals surface area (Å²) in [6, 6.07) is 10.9. The minimum atomic E-state index is 0. The normalized spacial score (nSPS) is 19.1. The van der Waals surface area contributed by atoms with Crippen LogP contribution < -0.4 is 16.0 Å². The molecule has 0 radical (unpaired) electrons. The van der Waals surface area contributed by atoms with Crippen molar-refractivity contribution in [3.63, 3.8) is 0 Å². The van der Waals surface area contributed by atoms with Gasteiger partial charge in [0.15, 0.2) is 0 Å². The minimum Gasteiger partial charge on any atom is -0.353 e. The van der Waals surface area contributed by atoms with Crippen molar-refractivity contribution in [2.24, 2.45) is 5.92 Å². The van der Waals surface area contributed by atoms with Crippen molar-refractivity contribution in [2.45, 2.75) is 57.0 Å². The monoisotopic (exact) mass is 401 g/mol. The lowest BCUT2D eigenvalue weighted by Crippen LogP contribution is -2.53. The average Bonchev–Trinajstić information content (AvgIpc) is 3.31. The molecule has 1 unspecified atom stereocenters. The van der Waals surface area contributed by atoms with Crippen molar-refractivity contribution in [3.8, 4) is 0 Å². The van der Waals surface area contributed by atoms with Crippen molar-refractivity contribution >= 4 is 30.7 Å². The number of halogens is 2. The zero-order valence-corrected chi connectivity index (χ0v) is 17.3. The molecule has 2 saturated carbocycles. The number of nitrogens with one attached hydrogen (secondary N) is 3. The molecule has 1 atom stereocenters. The Hall–Kier alpha value is -0.810. The van der Waals surface area contributed by atoms with Crippen LogP contribution in [0.2, 0.25) is 0 Å². The van der Waals surface area contributed by atoms with Crippen LogP contribution in [0.4, 0.5) is 0 Å². The van der Waals surface area contributed by atoms with Gasteiger partial charge in [0.1, 0.15) is 0 Å². The van der Waals surface area contributed by atoms with Gasteiger partial charge >= 0.3 is 0 Å². The number of carbonyl (C=O) groups excluding carboxylic acids is 1. The van der Waals surface area contributed by atoms with Gasteiger partial charge in [0.05, 0.1) is 6.54 Å². The van der Waals surface area contributed by atoms with E-state index in [1.54, 1.807) is 0 Å². The summed E-state index contributed by atoms with van der Waals surface area (Å²) < 4.78 is 0. The molecule has 0 aromatic heterocycles. The summed E-state index contributed by atoms with van der Waals surface area (Å²) in [5.74, 6) is 0.934. The van der Waals surface area contributed by atoms with E-state index in [9.17, 15) is 4.79 Å². The highest BCUT2D eigenvalue weighted by Gasteiger charge is 2.35. The molecule has 0 aliphatic heterocycles. The third kappa shape index (κ3) is 7.07. The molecule has 2 aliphatic carbocycles. The van der Waals surface area contributed by atoms with E-state index in [2.05, 4.69) is 53.2 Å². The molecule has 0 heterocycles. The van der Waals surface area contributed by atoms with Crippen LogP contribution in [0.5, 0.6) is 0 Å². The number of amides is 1. The Morgan fingerprint density at radius 1 is 1.15 bits per heavy atom. The van der Waals surface area contributed by atoms with Crippen molar-refractivity contribution in [2.75, 3.05) is 19.6 Å². The smallest absolute Gasteiger partial charge is 0.234 e. The van der Waals surface area contributed by atoms with E-state index in [1.807, 2.05) is 0 Å². The van der Waals surface area contributed by atoms with Gasteiger partial charge in [-0.1, -0.05) is 43.2 Å². The Morgan fingerprint density at radius 2 is 1.81 bits per heavy atom. The van der Waals surface area contributed by atoms with Crippen LogP contribution >= 0.6 is 24.8 Å². The fourth-order valence-electron chi connectivity index (χ4n) is 3.75. The van der Waals surface area contributed by atoms with E-state index < -0.39 is 0 Å². The van der Waals surface area contributed by atoms with Gasteiger partial charge in [-0.05, 0) is 50.6 Å². The summed E-state index contributed by atoms with van der Waals surface area (Å²) in [7, 11) is 0. The maximum atomic E-state index is 12.1. The number of carbonyl (C=O) groups is 1. The van der Waals surface area contributed by atoms with E-state index >= 15 is 0 Å². The van der Waals surface area contributed by atoms with E-state index in [0.29, 0.717) is 12.6 Å². The van der Waals surface area contributed by atoms with Gasteiger partial charge in [-0.15, -0.1) is 24.8 Å². The molecule has 26 heavy (non-hydrogen) atoms. The molecule has 6 heteroatoms. The van der Waals surface area contributed by atoms with Gasteiger partial charge in [-0.3, -0.25) is 4.79 Å². The average molecular weight is 402 g/mol. The van der Waals surface area contributed by atoms with E-state index in [-0.39, 0.29) is 36.3 Å². The lowest BCUT2D eigenvalue weighted by atomic mass is 9.94. The zero-order valence-electron chi connectivity index (χ0n) is 15.6. The summed E-state index contributed by atoms with van der Waals surface area (Å²) in [6.45, 7) is 4.38. The largest absolute Gasteiger partial charge is 0.353 e. The Balaban J connectivity index is 0.00000169. The van der Waals surface area contributed by atoms with Gasteiger partial charge in [0, 0.05) is 18.1 Å². The SMILES string of the molecule is CC(NC1(CNC(=O)CNCC2CC2)CCCC1)c1ccccc1.Cl.Cl. The molecule has 1 aromatic rings. The third-order valence-corrected chi connectivity index (χ3v) is 5.42. The molecule has 0 spiro atoms. The Morgan fingerprint density at radius 3 is 2.42 bits per heavy atom. The van der Waals surface area contributed by atoms with Crippen molar-refractivity contribution in [1.29, 1.82) is 0 Å². The molecule has 1 aromatic carbocycles. The fraction of sp³-hybridized carbons (Fsp3) is 0.650. The second-order valence-electron chi connectivity index (χ2n) is 7.62. The first-order chi connectivity index (χ1) is 11.7. The zero-order chi connectivity index (χ0) is 16.8. The third-order valence-electron chi connectivity index (χ3n) is 5.42. The molecule has 148 valence electrons. The highest BCUT2D eigenvalue weighted by atomic mass is 35.5. The van der Waals surface area contributed by atoms with Gasteiger partial charge in [0.25, 0.3) is 0 Å². The second kappa shape index (κ2) is 11.1. The predicted octanol–water partition coefficient (Wildman–Crippen LogP) is 3.61. The van der Waals surface area contributed by atoms with Gasteiger partial charge < -0.3 is 16.0 Å². The van der Waals surface area contributed by atoms with Crippen LogP contribution in [0.25, 0.3) is 0 Å². The Labute approximate surface area is 170 Å². The topological polar surface area (TPSA) is 53.2 Å². The van der Waals surface area contributed by atoms with Crippen LogP contribution in [-0.2, 0) is 4.79 Å². The van der Waals surface area contributed by atoms with Crippen LogP contribution in [-0.4, -0.2) is 31.1 Å².